The molecule has 1 aromatic rings. The highest BCUT2D eigenvalue weighted by Crippen LogP contribution is 1.97. The molecule has 0 atom stereocenters. The van der Waals surface area contributed by atoms with Crippen molar-refractivity contribution in [2.75, 3.05) is 0 Å². The molecule has 0 fully saturated rings. The maximum atomic E-state index is 10.8. The van der Waals surface area contributed by atoms with E-state index in [1.165, 1.54) is 0 Å². The number of aromatic nitrogens is 1. The average Bonchev–Trinajstić information content (AvgIpc) is 2.52. The van der Waals surface area contributed by atoms with Crippen molar-refractivity contribution in [1.82, 2.24) is 4.98 Å². The third kappa shape index (κ3) is 2.42. The third-order valence-corrected chi connectivity index (χ3v) is 1.42. The standard InChI is InChI=1S/C9H11NO/c1-2-9(11)6-5-8-4-3-7-10-8/h3-7,10H,2H2,1H3. The summed E-state index contributed by atoms with van der Waals surface area (Å²) in [6, 6.07) is 3.82. The van der Waals surface area contributed by atoms with Gasteiger partial charge in [-0.1, -0.05) is 6.92 Å². The first-order chi connectivity index (χ1) is 5.33. The molecule has 0 spiro atoms. The molecule has 1 heterocycles. The lowest BCUT2D eigenvalue weighted by molar-refractivity contribution is -0.114. The van der Waals surface area contributed by atoms with Crippen LogP contribution in [0.5, 0.6) is 0 Å². The largest absolute Gasteiger partial charge is 0.362 e. The van der Waals surface area contributed by atoms with Gasteiger partial charge in [0.15, 0.2) is 5.78 Å². The van der Waals surface area contributed by atoms with Crippen LogP contribution in [0.2, 0.25) is 0 Å². The smallest absolute Gasteiger partial charge is 0.155 e. The highest BCUT2D eigenvalue weighted by atomic mass is 16.1. The summed E-state index contributed by atoms with van der Waals surface area (Å²) in [5, 5.41) is 0. The Morgan fingerprint density at radius 2 is 2.55 bits per heavy atom. The van der Waals surface area contributed by atoms with Crippen molar-refractivity contribution in [3.05, 3.63) is 30.1 Å². The molecule has 0 saturated carbocycles. The normalized spacial score (nSPS) is 10.6. The topological polar surface area (TPSA) is 32.9 Å². The zero-order valence-electron chi connectivity index (χ0n) is 6.50. The summed E-state index contributed by atoms with van der Waals surface area (Å²) in [7, 11) is 0. The fraction of sp³-hybridized carbons (Fsp3) is 0.222. The molecule has 0 unspecified atom stereocenters. The molecule has 0 radical (unpaired) electrons. The lowest BCUT2D eigenvalue weighted by atomic mass is 10.2. The minimum absolute atomic E-state index is 0.152. The van der Waals surface area contributed by atoms with Crippen molar-refractivity contribution >= 4 is 11.9 Å². The van der Waals surface area contributed by atoms with Crippen LogP contribution in [0.3, 0.4) is 0 Å². The van der Waals surface area contributed by atoms with Crippen molar-refractivity contribution in [3.8, 4) is 0 Å². The van der Waals surface area contributed by atoms with Gasteiger partial charge in [-0.05, 0) is 24.3 Å². The van der Waals surface area contributed by atoms with Gasteiger partial charge in [-0.2, -0.15) is 0 Å². The molecular weight excluding hydrogens is 138 g/mol. The second kappa shape index (κ2) is 3.76. The number of rotatable bonds is 3. The number of H-pyrrole nitrogens is 1. The maximum absolute atomic E-state index is 10.8. The third-order valence-electron chi connectivity index (χ3n) is 1.42. The first-order valence-electron chi connectivity index (χ1n) is 3.67. The zero-order chi connectivity index (χ0) is 8.10. The minimum Gasteiger partial charge on any atom is -0.362 e. The number of ketones is 1. The van der Waals surface area contributed by atoms with E-state index >= 15 is 0 Å². The Labute approximate surface area is 65.9 Å². The van der Waals surface area contributed by atoms with Crippen LogP contribution in [0, 0.1) is 0 Å². The molecule has 0 aliphatic rings. The minimum atomic E-state index is 0.152. The van der Waals surface area contributed by atoms with Crippen molar-refractivity contribution in [1.29, 1.82) is 0 Å². The Morgan fingerprint density at radius 3 is 3.09 bits per heavy atom. The van der Waals surface area contributed by atoms with E-state index in [9.17, 15) is 4.79 Å². The van der Waals surface area contributed by atoms with Gasteiger partial charge in [-0.15, -0.1) is 0 Å². The molecule has 0 amide bonds. The average molecular weight is 149 g/mol. The molecule has 58 valence electrons. The predicted octanol–water partition coefficient (Wildman–Crippen LogP) is 2.01. The summed E-state index contributed by atoms with van der Waals surface area (Å²) in [6.07, 6.45) is 5.77. The van der Waals surface area contributed by atoms with Crippen molar-refractivity contribution in [2.45, 2.75) is 13.3 Å². The first kappa shape index (κ1) is 7.79. The van der Waals surface area contributed by atoms with Gasteiger partial charge in [-0.25, -0.2) is 0 Å². The molecule has 0 bridgehead atoms. The molecule has 1 N–H and O–H groups in total. The van der Waals surface area contributed by atoms with Gasteiger partial charge in [-0.3, -0.25) is 4.79 Å². The van der Waals surface area contributed by atoms with Crippen molar-refractivity contribution in [2.24, 2.45) is 0 Å². The monoisotopic (exact) mass is 149 g/mol. The molecule has 0 aliphatic heterocycles. The second-order valence-electron chi connectivity index (χ2n) is 2.28. The predicted molar refractivity (Wildman–Crippen MR) is 45.1 cm³/mol. The Bertz CT molecular complexity index is 247. The van der Waals surface area contributed by atoms with E-state index in [2.05, 4.69) is 4.98 Å². The second-order valence-corrected chi connectivity index (χ2v) is 2.28. The number of hydrogen-bond acceptors (Lipinski definition) is 1. The maximum Gasteiger partial charge on any atom is 0.155 e. The van der Waals surface area contributed by atoms with E-state index in [-0.39, 0.29) is 5.78 Å². The molecule has 1 rings (SSSR count). The highest BCUT2D eigenvalue weighted by molar-refractivity contribution is 5.93. The van der Waals surface area contributed by atoms with Crippen LogP contribution >= 0.6 is 0 Å². The lowest BCUT2D eigenvalue weighted by Gasteiger charge is -1.84. The fourth-order valence-electron chi connectivity index (χ4n) is 0.748. The number of carbonyl (C=O) groups excluding carboxylic acids is 1. The Balaban J connectivity index is 2.55. The number of hydrogen-bond donors (Lipinski definition) is 1. The summed E-state index contributed by atoms with van der Waals surface area (Å²) >= 11 is 0. The van der Waals surface area contributed by atoms with Crippen LogP contribution in [0.25, 0.3) is 6.08 Å². The van der Waals surface area contributed by atoms with E-state index in [4.69, 9.17) is 0 Å². The molecule has 0 aliphatic carbocycles. The zero-order valence-corrected chi connectivity index (χ0v) is 6.50. The van der Waals surface area contributed by atoms with E-state index in [1.807, 2.05) is 25.3 Å². The van der Waals surface area contributed by atoms with Gasteiger partial charge in [0.2, 0.25) is 0 Å². The molecule has 0 saturated heterocycles. The molecular formula is C9H11NO. The summed E-state index contributed by atoms with van der Waals surface area (Å²) in [6.45, 7) is 1.85. The van der Waals surface area contributed by atoms with Crippen LogP contribution < -0.4 is 0 Å². The van der Waals surface area contributed by atoms with Crippen LogP contribution in [0.4, 0.5) is 0 Å². The van der Waals surface area contributed by atoms with Gasteiger partial charge in [0, 0.05) is 18.3 Å². The first-order valence-corrected chi connectivity index (χ1v) is 3.67. The molecule has 11 heavy (non-hydrogen) atoms. The van der Waals surface area contributed by atoms with Gasteiger partial charge in [0.1, 0.15) is 0 Å². The fourth-order valence-corrected chi connectivity index (χ4v) is 0.748. The quantitative estimate of drug-likeness (QED) is 0.655. The van der Waals surface area contributed by atoms with E-state index in [1.54, 1.807) is 12.2 Å². The number of aromatic amines is 1. The van der Waals surface area contributed by atoms with Crippen LogP contribution in [0.1, 0.15) is 19.0 Å². The van der Waals surface area contributed by atoms with Crippen molar-refractivity contribution in [3.63, 3.8) is 0 Å². The lowest BCUT2D eigenvalue weighted by Crippen LogP contribution is -1.86. The number of allylic oxidation sites excluding steroid dienone is 1. The van der Waals surface area contributed by atoms with E-state index in [0.717, 1.165) is 5.69 Å². The summed E-state index contributed by atoms with van der Waals surface area (Å²) in [4.78, 5) is 13.8. The Morgan fingerprint density at radius 1 is 1.73 bits per heavy atom. The SMILES string of the molecule is CCC(=O)C=Cc1ccc[nH]1. The van der Waals surface area contributed by atoms with Crippen LogP contribution in [0.15, 0.2) is 24.4 Å². The molecule has 2 heteroatoms. The molecule has 2 nitrogen and oxygen atoms in total. The number of carbonyl (C=O) groups is 1. The Kier molecular flexibility index (Phi) is 2.66. The van der Waals surface area contributed by atoms with E-state index < -0.39 is 0 Å². The van der Waals surface area contributed by atoms with E-state index in [0.29, 0.717) is 6.42 Å². The summed E-state index contributed by atoms with van der Waals surface area (Å²) in [5.41, 5.74) is 0.965. The van der Waals surface area contributed by atoms with Gasteiger partial charge in [0.05, 0.1) is 0 Å². The van der Waals surface area contributed by atoms with Crippen LogP contribution in [-0.2, 0) is 4.79 Å². The Hall–Kier alpha value is -1.31. The number of nitrogens with one attached hydrogen (secondary N) is 1. The summed E-state index contributed by atoms with van der Waals surface area (Å²) in [5.74, 6) is 0.152. The van der Waals surface area contributed by atoms with Crippen LogP contribution in [-0.4, -0.2) is 10.8 Å². The summed E-state index contributed by atoms with van der Waals surface area (Å²) < 4.78 is 0. The molecule has 1 aromatic heterocycles. The van der Waals surface area contributed by atoms with Crippen molar-refractivity contribution < 1.29 is 4.79 Å². The van der Waals surface area contributed by atoms with Gasteiger partial charge < -0.3 is 4.98 Å². The molecule has 0 aromatic carbocycles. The van der Waals surface area contributed by atoms with Gasteiger partial charge >= 0.3 is 0 Å². The highest BCUT2D eigenvalue weighted by Gasteiger charge is 1.89. The van der Waals surface area contributed by atoms with Gasteiger partial charge in [0.25, 0.3) is 0 Å².